The van der Waals surface area contributed by atoms with Crippen LogP contribution >= 0.6 is 0 Å². The maximum Gasteiger partial charge on any atom is 0.127 e. The molecule has 0 aromatic heterocycles. The SMILES string of the molecule is Oc1cc(F)cc(CN2CCCN3CCCC3C2)c1. The molecule has 0 aliphatic carbocycles. The Balaban J connectivity index is 1.68. The van der Waals surface area contributed by atoms with Crippen LogP contribution in [0.25, 0.3) is 0 Å². The number of phenols is 1. The highest BCUT2D eigenvalue weighted by atomic mass is 19.1. The number of rotatable bonds is 2. The number of phenolic OH excluding ortho intramolecular Hbond substituents is 1. The Hall–Kier alpha value is -1.13. The zero-order valence-corrected chi connectivity index (χ0v) is 11.2. The monoisotopic (exact) mass is 264 g/mol. The molecule has 19 heavy (non-hydrogen) atoms. The third-order valence-electron chi connectivity index (χ3n) is 4.24. The molecule has 1 unspecified atom stereocenters. The molecule has 3 rings (SSSR count). The van der Waals surface area contributed by atoms with Gasteiger partial charge in [-0.1, -0.05) is 0 Å². The van der Waals surface area contributed by atoms with Gasteiger partial charge in [-0.2, -0.15) is 0 Å². The highest BCUT2D eigenvalue weighted by molar-refractivity contribution is 5.28. The van der Waals surface area contributed by atoms with Gasteiger partial charge >= 0.3 is 0 Å². The van der Waals surface area contributed by atoms with Crippen LogP contribution in [0.4, 0.5) is 4.39 Å². The average molecular weight is 264 g/mol. The molecule has 1 aromatic rings. The molecule has 1 aromatic carbocycles. The largest absolute Gasteiger partial charge is 0.508 e. The molecule has 1 N–H and O–H groups in total. The first-order valence-electron chi connectivity index (χ1n) is 7.15. The summed E-state index contributed by atoms with van der Waals surface area (Å²) in [7, 11) is 0. The predicted molar refractivity (Wildman–Crippen MR) is 72.6 cm³/mol. The Morgan fingerprint density at radius 3 is 2.84 bits per heavy atom. The molecular formula is C15H21FN2O. The van der Waals surface area contributed by atoms with Crippen molar-refractivity contribution < 1.29 is 9.50 Å². The Labute approximate surface area is 113 Å². The van der Waals surface area contributed by atoms with Crippen molar-refractivity contribution in [2.75, 3.05) is 26.2 Å². The number of aromatic hydroxyl groups is 1. The number of fused-ring (bicyclic) bond motifs is 1. The van der Waals surface area contributed by atoms with E-state index in [1.165, 1.54) is 38.4 Å². The molecule has 0 spiro atoms. The number of nitrogens with zero attached hydrogens (tertiary/aromatic N) is 2. The highest BCUT2D eigenvalue weighted by Crippen LogP contribution is 2.23. The zero-order chi connectivity index (χ0) is 13.2. The fourth-order valence-electron chi connectivity index (χ4n) is 3.41. The lowest BCUT2D eigenvalue weighted by Gasteiger charge is -2.25. The second-order valence-electron chi connectivity index (χ2n) is 5.74. The summed E-state index contributed by atoms with van der Waals surface area (Å²) in [5.41, 5.74) is 0.865. The first kappa shape index (κ1) is 12.9. The fourth-order valence-corrected chi connectivity index (χ4v) is 3.41. The van der Waals surface area contributed by atoms with Gasteiger partial charge in [0.25, 0.3) is 0 Å². The van der Waals surface area contributed by atoms with E-state index < -0.39 is 0 Å². The number of halogens is 1. The van der Waals surface area contributed by atoms with Gasteiger partial charge in [0.1, 0.15) is 11.6 Å². The summed E-state index contributed by atoms with van der Waals surface area (Å²) in [5.74, 6) is -0.334. The van der Waals surface area contributed by atoms with Crippen LogP contribution in [0, 0.1) is 5.82 Å². The summed E-state index contributed by atoms with van der Waals surface area (Å²) in [6.07, 6.45) is 3.77. The van der Waals surface area contributed by atoms with E-state index in [9.17, 15) is 9.50 Å². The zero-order valence-electron chi connectivity index (χ0n) is 11.2. The Kier molecular flexibility index (Phi) is 3.71. The second kappa shape index (κ2) is 5.47. The van der Waals surface area contributed by atoms with Gasteiger partial charge in [-0.3, -0.25) is 9.80 Å². The molecule has 0 radical (unpaired) electrons. The predicted octanol–water partition coefficient (Wildman–Crippen LogP) is 2.20. The van der Waals surface area contributed by atoms with Crippen LogP contribution in [0.15, 0.2) is 18.2 Å². The molecule has 2 heterocycles. The second-order valence-corrected chi connectivity index (χ2v) is 5.74. The van der Waals surface area contributed by atoms with E-state index in [-0.39, 0.29) is 11.6 Å². The lowest BCUT2D eigenvalue weighted by molar-refractivity contribution is 0.215. The van der Waals surface area contributed by atoms with Crippen molar-refractivity contribution in [3.05, 3.63) is 29.6 Å². The fraction of sp³-hybridized carbons (Fsp3) is 0.600. The van der Waals surface area contributed by atoms with E-state index in [0.717, 1.165) is 31.3 Å². The first-order chi connectivity index (χ1) is 9.20. The molecular weight excluding hydrogens is 243 g/mol. The third-order valence-corrected chi connectivity index (χ3v) is 4.24. The summed E-state index contributed by atoms with van der Waals surface area (Å²) in [6.45, 7) is 5.28. The van der Waals surface area contributed by atoms with Gasteiger partial charge in [-0.05, 0) is 56.6 Å². The van der Waals surface area contributed by atoms with Crippen molar-refractivity contribution >= 4 is 0 Å². The third kappa shape index (κ3) is 3.07. The summed E-state index contributed by atoms with van der Waals surface area (Å²) in [4.78, 5) is 4.98. The standard InChI is InChI=1S/C15H21FN2O/c16-13-7-12(8-15(19)9-13)10-17-4-2-6-18-5-1-3-14(18)11-17/h7-9,14,19H,1-6,10-11H2. The maximum absolute atomic E-state index is 13.3. The highest BCUT2D eigenvalue weighted by Gasteiger charge is 2.28. The molecule has 3 nitrogen and oxygen atoms in total. The summed E-state index contributed by atoms with van der Waals surface area (Å²) >= 11 is 0. The molecule has 1 atom stereocenters. The van der Waals surface area contributed by atoms with Crippen molar-refractivity contribution in [2.45, 2.75) is 31.8 Å². The molecule has 104 valence electrons. The van der Waals surface area contributed by atoms with Crippen LogP contribution in [0.1, 0.15) is 24.8 Å². The van der Waals surface area contributed by atoms with Gasteiger partial charge in [0, 0.05) is 25.2 Å². The molecule has 2 fully saturated rings. The minimum atomic E-state index is -0.354. The molecule has 0 amide bonds. The van der Waals surface area contributed by atoms with Gasteiger partial charge < -0.3 is 5.11 Å². The van der Waals surface area contributed by atoms with Gasteiger partial charge in [0.05, 0.1) is 0 Å². The van der Waals surface area contributed by atoms with E-state index in [4.69, 9.17) is 0 Å². The van der Waals surface area contributed by atoms with Crippen LogP contribution in [-0.2, 0) is 6.54 Å². The summed E-state index contributed by atoms with van der Waals surface area (Å²) in [6, 6.07) is 5.02. The maximum atomic E-state index is 13.3. The van der Waals surface area contributed by atoms with Crippen LogP contribution < -0.4 is 0 Å². The number of hydrogen-bond acceptors (Lipinski definition) is 3. The smallest absolute Gasteiger partial charge is 0.127 e. The van der Waals surface area contributed by atoms with Gasteiger partial charge in [0.15, 0.2) is 0 Å². The van der Waals surface area contributed by atoms with Crippen LogP contribution in [0.2, 0.25) is 0 Å². The van der Waals surface area contributed by atoms with Crippen molar-refractivity contribution in [1.82, 2.24) is 9.80 Å². The van der Waals surface area contributed by atoms with E-state index in [1.807, 2.05) is 0 Å². The van der Waals surface area contributed by atoms with E-state index in [2.05, 4.69) is 9.80 Å². The van der Waals surface area contributed by atoms with Crippen LogP contribution in [-0.4, -0.2) is 47.1 Å². The van der Waals surface area contributed by atoms with Gasteiger partial charge in [-0.25, -0.2) is 4.39 Å². The Morgan fingerprint density at radius 2 is 2.00 bits per heavy atom. The summed E-state index contributed by atoms with van der Waals surface area (Å²) < 4.78 is 13.3. The quantitative estimate of drug-likeness (QED) is 0.887. The lowest BCUT2D eigenvalue weighted by atomic mass is 10.1. The van der Waals surface area contributed by atoms with Crippen molar-refractivity contribution in [2.24, 2.45) is 0 Å². The minimum Gasteiger partial charge on any atom is -0.508 e. The van der Waals surface area contributed by atoms with Crippen molar-refractivity contribution in [3.8, 4) is 5.75 Å². The van der Waals surface area contributed by atoms with Crippen molar-refractivity contribution in [3.63, 3.8) is 0 Å². The lowest BCUT2D eigenvalue weighted by Crippen LogP contribution is -2.36. The summed E-state index contributed by atoms with van der Waals surface area (Å²) in [5, 5.41) is 9.46. The van der Waals surface area contributed by atoms with E-state index >= 15 is 0 Å². The molecule has 2 aliphatic rings. The topological polar surface area (TPSA) is 26.7 Å². The normalized spacial score (nSPS) is 25.2. The molecule has 0 bridgehead atoms. The van der Waals surface area contributed by atoms with Gasteiger partial charge in [-0.15, -0.1) is 0 Å². The molecule has 2 aliphatic heterocycles. The molecule has 0 saturated carbocycles. The van der Waals surface area contributed by atoms with E-state index in [0.29, 0.717) is 6.04 Å². The van der Waals surface area contributed by atoms with Gasteiger partial charge in [0.2, 0.25) is 0 Å². The Morgan fingerprint density at radius 1 is 1.16 bits per heavy atom. The van der Waals surface area contributed by atoms with E-state index in [1.54, 1.807) is 6.07 Å². The average Bonchev–Trinajstić information content (AvgIpc) is 2.67. The Bertz CT molecular complexity index is 432. The molecule has 2 saturated heterocycles. The van der Waals surface area contributed by atoms with Crippen LogP contribution in [0.3, 0.4) is 0 Å². The first-order valence-corrected chi connectivity index (χ1v) is 7.15. The van der Waals surface area contributed by atoms with Crippen molar-refractivity contribution in [1.29, 1.82) is 0 Å². The minimum absolute atomic E-state index is 0.0207. The molecule has 4 heteroatoms. The van der Waals surface area contributed by atoms with Crippen LogP contribution in [0.5, 0.6) is 5.75 Å². The number of hydrogen-bond donors (Lipinski definition) is 1. The number of benzene rings is 1.